The summed E-state index contributed by atoms with van der Waals surface area (Å²) in [6, 6.07) is -0.00165. The van der Waals surface area contributed by atoms with E-state index in [-0.39, 0.29) is 23.6 Å². The van der Waals surface area contributed by atoms with Crippen molar-refractivity contribution >= 4 is 36.0 Å². The summed E-state index contributed by atoms with van der Waals surface area (Å²) >= 11 is 6.07. The van der Waals surface area contributed by atoms with E-state index in [1.807, 2.05) is 0 Å². The summed E-state index contributed by atoms with van der Waals surface area (Å²) < 4.78 is 22.7. The van der Waals surface area contributed by atoms with E-state index in [1.165, 1.54) is 10.9 Å². The molecule has 0 radical (unpaired) electrons. The average molecular weight is 480 g/mol. The maximum absolute atomic E-state index is 10.9. The first-order valence-corrected chi connectivity index (χ1v) is 11.6. The maximum atomic E-state index is 10.9. The molecule has 4 rings (SSSR count). The lowest BCUT2D eigenvalue weighted by molar-refractivity contribution is -0.0658. The highest BCUT2D eigenvalue weighted by molar-refractivity contribution is 7.51. The smallest absolute Gasteiger partial charge is 0.350 e. The van der Waals surface area contributed by atoms with Crippen molar-refractivity contribution in [1.82, 2.24) is 19.7 Å². The van der Waals surface area contributed by atoms with Crippen LogP contribution in [0.4, 0.5) is 5.82 Å². The monoisotopic (exact) mass is 479 g/mol. The molecule has 2 fully saturated rings. The normalized spacial score (nSPS) is 33.6. The van der Waals surface area contributed by atoms with Crippen LogP contribution in [-0.2, 0) is 14.0 Å². The van der Waals surface area contributed by atoms with Crippen molar-refractivity contribution in [2.24, 2.45) is 0 Å². The van der Waals surface area contributed by atoms with Gasteiger partial charge in [0.05, 0.1) is 23.8 Å². The molecule has 0 amide bonds. The first-order valence-electron chi connectivity index (χ1n) is 9.47. The Bertz CT molecular complexity index is 1010. The van der Waals surface area contributed by atoms with Crippen LogP contribution in [0.5, 0.6) is 0 Å². The second-order valence-corrected chi connectivity index (χ2v) is 10.1. The summed E-state index contributed by atoms with van der Waals surface area (Å²) in [5.41, 5.74) is -0.478. The minimum atomic E-state index is -4.38. The number of anilines is 1. The van der Waals surface area contributed by atoms with E-state index < -0.39 is 44.1 Å². The lowest BCUT2D eigenvalue weighted by Gasteiger charge is -2.41. The van der Waals surface area contributed by atoms with Gasteiger partial charge in [0, 0.05) is 6.04 Å². The minimum Gasteiger partial charge on any atom is -0.390 e. The number of ether oxygens (including phenoxy) is 2. The molecule has 0 unspecified atom stereocenters. The van der Waals surface area contributed by atoms with Crippen LogP contribution in [0.1, 0.15) is 26.0 Å². The van der Waals surface area contributed by atoms with Crippen molar-refractivity contribution in [2.75, 3.05) is 18.3 Å². The lowest BCUT2D eigenvalue weighted by Crippen LogP contribution is -2.48. The van der Waals surface area contributed by atoms with Gasteiger partial charge in [-0.25, -0.2) is 4.68 Å². The highest BCUT2D eigenvalue weighted by Crippen LogP contribution is 2.37. The lowest BCUT2D eigenvalue weighted by atomic mass is 9.77. The minimum absolute atomic E-state index is 0.00165. The quantitative estimate of drug-likeness (QED) is 0.222. The van der Waals surface area contributed by atoms with Gasteiger partial charge in [-0.3, -0.25) is 4.57 Å². The molecule has 0 bridgehead atoms. The van der Waals surface area contributed by atoms with Gasteiger partial charge in [0.1, 0.15) is 30.5 Å². The number of aromatic nitrogens is 4. The highest BCUT2D eigenvalue weighted by Gasteiger charge is 2.45. The second kappa shape index (κ2) is 8.18. The zero-order chi connectivity index (χ0) is 22.6. The van der Waals surface area contributed by atoms with E-state index >= 15 is 0 Å². The molecule has 2 aliphatic rings. The molecule has 2 aromatic rings. The van der Waals surface area contributed by atoms with Crippen molar-refractivity contribution in [3.05, 3.63) is 11.5 Å². The molecule has 172 valence electrons. The molecule has 6 N–H and O–H groups in total. The Morgan fingerprint density at radius 2 is 2.06 bits per heavy atom. The Hall–Kier alpha value is -1.41. The first-order chi connectivity index (χ1) is 14.4. The zero-order valence-electron chi connectivity index (χ0n) is 16.4. The maximum Gasteiger partial charge on any atom is 0.350 e. The summed E-state index contributed by atoms with van der Waals surface area (Å²) in [7, 11) is -4.38. The van der Waals surface area contributed by atoms with Crippen LogP contribution in [-0.4, -0.2) is 87.8 Å². The molecule has 0 spiro atoms. The molecule has 1 aliphatic heterocycles. The van der Waals surface area contributed by atoms with Gasteiger partial charge in [-0.2, -0.15) is 15.1 Å². The number of hydrogen-bond acceptors (Lipinski definition) is 10. The van der Waals surface area contributed by atoms with E-state index in [4.69, 9.17) is 30.9 Å². The van der Waals surface area contributed by atoms with Crippen molar-refractivity contribution in [3.63, 3.8) is 0 Å². The van der Waals surface area contributed by atoms with Gasteiger partial charge in [-0.05, 0) is 31.4 Å². The first kappa shape index (κ1) is 22.8. The number of nitrogens with one attached hydrogen (secondary N) is 1. The molecule has 15 heteroatoms. The molecule has 31 heavy (non-hydrogen) atoms. The van der Waals surface area contributed by atoms with Crippen molar-refractivity contribution in [2.45, 2.75) is 55.9 Å². The van der Waals surface area contributed by atoms with E-state index in [9.17, 15) is 19.9 Å². The number of rotatable bonds is 7. The Kier molecular flexibility index (Phi) is 6.01. The fourth-order valence-electron chi connectivity index (χ4n) is 3.85. The van der Waals surface area contributed by atoms with E-state index in [1.54, 1.807) is 6.92 Å². The van der Waals surface area contributed by atoms with Crippen LogP contribution >= 0.6 is 19.2 Å². The van der Waals surface area contributed by atoms with Crippen molar-refractivity contribution < 1.29 is 39.1 Å². The van der Waals surface area contributed by atoms with Crippen molar-refractivity contribution in [1.29, 1.82) is 0 Å². The molecule has 1 saturated heterocycles. The molecule has 4 atom stereocenters. The second-order valence-electron chi connectivity index (χ2n) is 8.12. The summed E-state index contributed by atoms with van der Waals surface area (Å²) in [4.78, 5) is 26.1. The SMILES string of the molecule is CC1(O)CC(Nc2nc(Cl)nc3c2cnn3[C@@H]2O[C@H](COCP(=O)(O)O)[C@@H](O)[C@H]2O)C1. The van der Waals surface area contributed by atoms with E-state index in [0.29, 0.717) is 24.0 Å². The zero-order valence-corrected chi connectivity index (χ0v) is 18.0. The van der Waals surface area contributed by atoms with Gasteiger partial charge in [-0.15, -0.1) is 0 Å². The highest BCUT2D eigenvalue weighted by atomic mass is 35.5. The Morgan fingerprint density at radius 3 is 2.71 bits per heavy atom. The number of halogens is 1. The summed E-state index contributed by atoms with van der Waals surface area (Å²) in [5, 5.41) is 38.5. The number of aliphatic hydroxyl groups is 3. The van der Waals surface area contributed by atoms with E-state index in [2.05, 4.69) is 20.4 Å². The van der Waals surface area contributed by atoms with Gasteiger partial charge in [0.15, 0.2) is 11.9 Å². The fraction of sp³-hybridized carbons (Fsp3) is 0.688. The van der Waals surface area contributed by atoms with Gasteiger partial charge >= 0.3 is 7.60 Å². The summed E-state index contributed by atoms with van der Waals surface area (Å²) in [6.45, 7) is 1.40. The topological polar surface area (TPSA) is 192 Å². The third-order valence-corrected chi connectivity index (χ3v) is 5.95. The van der Waals surface area contributed by atoms with Gasteiger partial charge in [0.2, 0.25) is 5.28 Å². The van der Waals surface area contributed by atoms with Crippen LogP contribution in [0.3, 0.4) is 0 Å². The summed E-state index contributed by atoms with van der Waals surface area (Å²) in [5.74, 6) is 0.413. The third kappa shape index (κ3) is 4.85. The average Bonchev–Trinajstić information content (AvgIpc) is 3.15. The van der Waals surface area contributed by atoms with Gasteiger partial charge < -0.3 is 39.9 Å². The predicted octanol–water partition coefficient (Wildman–Crippen LogP) is -0.424. The number of aliphatic hydroxyl groups excluding tert-OH is 2. The predicted molar refractivity (Wildman–Crippen MR) is 106 cm³/mol. The number of hydrogen-bond donors (Lipinski definition) is 6. The standard InChI is InChI=1S/C16H23ClN5O8P/c1-16(25)2-7(3-16)19-12-8-4-18-22(13(8)21-15(17)20-12)14-11(24)10(23)9(30-14)5-29-6-31(26,27)28/h4,7,9-11,14,23-25H,2-3,5-6H2,1H3,(H,19,20,21)(H2,26,27,28)/t7?,9-,10-,11-,14-,16?/m1/s1. The molecular weight excluding hydrogens is 457 g/mol. The fourth-order valence-corrected chi connectivity index (χ4v) is 4.36. The van der Waals surface area contributed by atoms with Crippen molar-refractivity contribution in [3.8, 4) is 0 Å². The van der Waals surface area contributed by atoms with Crippen LogP contribution in [0.25, 0.3) is 11.0 Å². The summed E-state index contributed by atoms with van der Waals surface area (Å²) in [6.07, 6.45) is -3.26. The van der Waals surface area contributed by atoms with Gasteiger partial charge in [0.25, 0.3) is 0 Å². The van der Waals surface area contributed by atoms with Crippen LogP contribution < -0.4 is 5.32 Å². The largest absolute Gasteiger partial charge is 0.390 e. The third-order valence-electron chi connectivity index (χ3n) is 5.26. The van der Waals surface area contributed by atoms with Gasteiger partial charge in [-0.1, -0.05) is 0 Å². The Morgan fingerprint density at radius 1 is 1.35 bits per heavy atom. The van der Waals surface area contributed by atoms with Crippen LogP contribution in [0.15, 0.2) is 6.20 Å². The molecular formula is C16H23ClN5O8P. The van der Waals surface area contributed by atoms with Crippen LogP contribution in [0.2, 0.25) is 5.28 Å². The van der Waals surface area contributed by atoms with Crippen LogP contribution in [0, 0.1) is 0 Å². The Labute approximate surface area is 181 Å². The molecule has 13 nitrogen and oxygen atoms in total. The van der Waals surface area contributed by atoms with E-state index in [0.717, 1.165) is 0 Å². The molecule has 2 aromatic heterocycles. The number of fused-ring (bicyclic) bond motifs is 1. The molecule has 0 aromatic carbocycles. The number of nitrogens with zero attached hydrogens (tertiary/aromatic N) is 4. The molecule has 1 aliphatic carbocycles. The molecule has 1 saturated carbocycles. The Balaban J connectivity index is 1.53. The molecule has 3 heterocycles.